The van der Waals surface area contributed by atoms with E-state index >= 15 is 0 Å². The Morgan fingerprint density at radius 1 is 1.06 bits per heavy atom. The van der Waals surface area contributed by atoms with E-state index < -0.39 is 12.0 Å². The van der Waals surface area contributed by atoms with Crippen LogP contribution in [0.15, 0.2) is 42.5 Å². The van der Waals surface area contributed by atoms with Gasteiger partial charge in [0.2, 0.25) is 0 Å². The summed E-state index contributed by atoms with van der Waals surface area (Å²) < 4.78 is 40.2. The number of likely N-dealkylation sites (tertiary alicyclic amines) is 1. The molecule has 3 aliphatic heterocycles. The molecule has 0 atom stereocenters. The van der Waals surface area contributed by atoms with E-state index in [1.54, 1.807) is 22.8 Å². The Bertz CT molecular complexity index is 1050. The first-order valence-electron chi connectivity index (χ1n) is 12.3. The van der Waals surface area contributed by atoms with Crippen molar-refractivity contribution in [1.82, 2.24) is 20.7 Å². The highest BCUT2D eigenvalue weighted by Crippen LogP contribution is 2.40. The molecule has 2 aromatic carbocycles. The molecule has 6 nitrogen and oxygen atoms in total. The zero-order valence-corrected chi connectivity index (χ0v) is 19.9. The topological polar surface area (TPSA) is 50.9 Å². The van der Waals surface area contributed by atoms with Gasteiger partial charge in [-0.1, -0.05) is 24.3 Å². The Kier molecular flexibility index (Phi) is 6.74. The van der Waals surface area contributed by atoms with E-state index in [1.165, 1.54) is 11.6 Å². The van der Waals surface area contributed by atoms with Gasteiger partial charge in [0, 0.05) is 44.3 Å². The number of hydrogen-bond acceptors (Lipinski definition) is 4. The van der Waals surface area contributed by atoms with Gasteiger partial charge >= 0.3 is 6.03 Å². The summed E-state index contributed by atoms with van der Waals surface area (Å²) in [5.74, 6) is 0.0922. The smallest absolute Gasteiger partial charge is 0.312 e. The van der Waals surface area contributed by atoms with Crippen LogP contribution in [0.3, 0.4) is 0 Å². The van der Waals surface area contributed by atoms with Crippen molar-refractivity contribution < 1.29 is 18.0 Å². The van der Waals surface area contributed by atoms with Gasteiger partial charge in [-0.3, -0.25) is 20.7 Å². The summed E-state index contributed by atoms with van der Waals surface area (Å²) in [4.78, 5) is 19.2. The Balaban J connectivity index is 1.41. The molecule has 5 rings (SSSR count). The number of halogens is 3. The van der Waals surface area contributed by atoms with E-state index in [1.807, 2.05) is 23.1 Å². The van der Waals surface area contributed by atoms with Crippen LogP contribution in [-0.2, 0) is 6.54 Å². The number of anilines is 1. The largest absolute Gasteiger partial charge is 0.325 e. The van der Waals surface area contributed by atoms with E-state index in [0.29, 0.717) is 50.5 Å². The molecule has 3 aliphatic rings. The molecule has 0 aromatic heterocycles. The summed E-state index contributed by atoms with van der Waals surface area (Å²) in [6, 6.07) is 12.9. The molecule has 188 valence electrons. The number of nitrogens with zero attached hydrogens (tertiary/aromatic N) is 3. The first-order valence-corrected chi connectivity index (χ1v) is 12.3. The molecule has 35 heavy (non-hydrogen) atoms. The summed E-state index contributed by atoms with van der Waals surface area (Å²) in [6.45, 7) is 5.01. The van der Waals surface area contributed by atoms with Crippen LogP contribution in [0.5, 0.6) is 0 Å². The molecule has 3 fully saturated rings. The Hall–Kier alpha value is -2.62. The van der Waals surface area contributed by atoms with E-state index in [4.69, 9.17) is 0 Å². The van der Waals surface area contributed by atoms with Crippen LogP contribution in [0.25, 0.3) is 0 Å². The number of hydrazine groups is 1. The van der Waals surface area contributed by atoms with Crippen LogP contribution in [0.4, 0.5) is 23.7 Å². The van der Waals surface area contributed by atoms with Gasteiger partial charge in [-0.15, -0.1) is 0 Å². The van der Waals surface area contributed by atoms with Crippen molar-refractivity contribution in [2.45, 2.75) is 44.2 Å². The molecule has 2 N–H and O–H groups in total. The minimum Gasteiger partial charge on any atom is -0.312 e. The maximum atomic E-state index is 14.3. The van der Waals surface area contributed by atoms with Crippen molar-refractivity contribution in [3.63, 3.8) is 0 Å². The van der Waals surface area contributed by atoms with Gasteiger partial charge in [0.1, 0.15) is 5.82 Å². The lowest BCUT2D eigenvalue weighted by Crippen LogP contribution is -2.54. The first kappa shape index (κ1) is 24.1. The Morgan fingerprint density at radius 3 is 2.40 bits per heavy atom. The number of rotatable bonds is 6. The standard InChI is InChI=1S/C26H32F3N5O/c1-18-20(3-2-4-23(18)27)15-34-25(35)33(17-26(34)9-11-32(12-10-26)16-24(28)29)22-7-5-19(6-8-22)21-13-30-31-14-21/h2-8,21,24,30-31H,9-17H2,1H3. The van der Waals surface area contributed by atoms with Gasteiger partial charge in [0.15, 0.2) is 0 Å². The predicted molar refractivity (Wildman–Crippen MR) is 129 cm³/mol. The summed E-state index contributed by atoms with van der Waals surface area (Å²) in [5.41, 5.74) is 9.14. The van der Waals surface area contributed by atoms with E-state index in [0.717, 1.165) is 24.3 Å². The monoisotopic (exact) mass is 487 g/mol. The molecule has 9 heteroatoms. The summed E-state index contributed by atoms with van der Waals surface area (Å²) in [5, 5.41) is 0. The average molecular weight is 488 g/mol. The normalized spacial score (nSPS) is 21.1. The molecule has 0 radical (unpaired) electrons. The van der Waals surface area contributed by atoms with E-state index in [9.17, 15) is 18.0 Å². The average Bonchev–Trinajstić information content (AvgIpc) is 3.47. The van der Waals surface area contributed by atoms with Gasteiger partial charge in [-0.25, -0.2) is 18.0 Å². The Labute approximate surface area is 204 Å². The fourth-order valence-corrected chi connectivity index (χ4v) is 5.63. The second-order valence-corrected chi connectivity index (χ2v) is 9.95. The highest BCUT2D eigenvalue weighted by atomic mass is 19.3. The van der Waals surface area contributed by atoms with Gasteiger partial charge in [-0.05, 0) is 54.7 Å². The van der Waals surface area contributed by atoms with E-state index in [2.05, 4.69) is 23.0 Å². The van der Waals surface area contributed by atoms with Crippen LogP contribution >= 0.6 is 0 Å². The molecule has 2 aromatic rings. The number of nitrogens with one attached hydrogen (secondary N) is 2. The van der Waals surface area contributed by atoms with Crippen LogP contribution in [0.2, 0.25) is 0 Å². The second-order valence-electron chi connectivity index (χ2n) is 9.95. The maximum absolute atomic E-state index is 14.3. The van der Waals surface area contributed by atoms with Crippen molar-refractivity contribution >= 4 is 11.7 Å². The maximum Gasteiger partial charge on any atom is 0.325 e. The SMILES string of the molecule is Cc1c(F)cccc1CN1C(=O)N(c2ccc(C3CNNC3)cc2)CC12CCN(CC(F)F)CC2. The van der Waals surface area contributed by atoms with Crippen LogP contribution in [0, 0.1) is 12.7 Å². The molecule has 3 heterocycles. The molecule has 0 saturated carbocycles. The minimum atomic E-state index is -2.37. The van der Waals surface area contributed by atoms with Gasteiger partial charge < -0.3 is 4.90 Å². The van der Waals surface area contributed by atoms with Gasteiger partial charge in [0.25, 0.3) is 6.43 Å². The second kappa shape index (κ2) is 9.79. The van der Waals surface area contributed by atoms with Crippen LogP contribution in [-0.4, -0.2) is 67.1 Å². The highest BCUT2D eigenvalue weighted by Gasteiger charge is 2.51. The third kappa shape index (κ3) is 4.77. The molecule has 0 unspecified atom stereocenters. The minimum absolute atomic E-state index is 0.118. The molecule has 2 amide bonds. The molecule has 0 aliphatic carbocycles. The fraction of sp³-hybridized carbons (Fsp3) is 0.500. The summed E-state index contributed by atoms with van der Waals surface area (Å²) >= 11 is 0. The van der Waals surface area contributed by atoms with Gasteiger partial charge in [0.05, 0.1) is 18.6 Å². The van der Waals surface area contributed by atoms with Crippen LogP contribution < -0.4 is 15.8 Å². The lowest BCUT2D eigenvalue weighted by Gasteiger charge is -2.43. The quantitative estimate of drug-likeness (QED) is 0.650. The highest BCUT2D eigenvalue weighted by molar-refractivity contribution is 5.95. The Morgan fingerprint density at radius 2 is 1.74 bits per heavy atom. The molecule has 0 bridgehead atoms. The van der Waals surface area contributed by atoms with Crippen molar-refractivity contribution in [2.75, 3.05) is 44.2 Å². The number of alkyl halides is 2. The lowest BCUT2D eigenvalue weighted by atomic mass is 9.86. The molecule has 3 saturated heterocycles. The van der Waals surface area contributed by atoms with E-state index in [-0.39, 0.29) is 18.4 Å². The van der Waals surface area contributed by atoms with Crippen LogP contribution in [0.1, 0.15) is 35.4 Å². The summed E-state index contributed by atoms with van der Waals surface area (Å²) in [7, 11) is 0. The van der Waals surface area contributed by atoms with Crippen molar-refractivity contribution in [3.05, 3.63) is 65.0 Å². The van der Waals surface area contributed by atoms with Crippen molar-refractivity contribution in [1.29, 1.82) is 0 Å². The number of piperidine rings is 1. The summed E-state index contributed by atoms with van der Waals surface area (Å²) in [6.07, 6.45) is -1.16. The number of urea groups is 1. The fourth-order valence-electron chi connectivity index (χ4n) is 5.63. The third-order valence-electron chi connectivity index (χ3n) is 7.88. The number of carbonyl (C=O) groups excluding carboxylic acids is 1. The lowest BCUT2D eigenvalue weighted by molar-refractivity contribution is 0.0340. The molecular formula is C26H32F3N5O. The van der Waals surface area contributed by atoms with Crippen molar-refractivity contribution in [2.24, 2.45) is 0 Å². The zero-order valence-electron chi connectivity index (χ0n) is 19.9. The number of carbonyl (C=O) groups is 1. The van der Waals surface area contributed by atoms with Gasteiger partial charge in [-0.2, -0.15) is 0 Å². The number of hydrogen-bond donors (Lipinski definition) is 2. The first-order chi connectivity index (χ1) is 16.9. The number of amides is 2. The van der Waals surface area contributed by atoms with Crippen molar-refractivity contribution in [3.8, 4) is 0 Å². The molecular weight excluding hydrogens is 455 g/mol. The predicted octanol–water partition coefficient (Wildman–Crippen LogP) is 3.87. The zero-order chi connectivity index (χ0) is 24.6. The third-order valence-corrected chi connectivity index (χ3v) is 7.88. The number of benzene rings is 2. The molecule has 1 spiro atoms.